The zero-order chi connectivity index (χ0) is 12.3. The Labute approximate surface area is 100 Å². The van der Waals surface area contributed by atoms with Gasteiger partial charge in [-0.3, -0.25) is 5.84 Å². The van der Waals surface area contributed by atoms with Gasteiger partial charge in [0.15, 0.2) is 0 Å². The average molecular weight is 232 g/mol. The monoisotopic (exact) mass is 232 g/mol. The van der Waals surface area contributed by atoms with Crippen LogP contribution < -0.4 is 16.0 Å². The van der Waals surface area contributed by atoms with Gasteiger partial charge in [-0.15, -0.1) is 0 Å². The van der Waals surface area contributed by atoms with E-state index < -0.39 is 0 Å². The number of hydrazine groups is 1. The van der Waals surface area contributed by atoms with Crippen LogP contribution in [0.5, 0.6) is 5.75 Å². The van der Waals surface area contributed by atoms with Crippen LogP contribution in [0.25, 0.3) is 0 Å². The third-order valence-corrected chi connectivity index (χ3v) is 2.71. The third-order valence-electron chi connectivity index (χ3n) is 2.71. The summed E-state index contributed by atoms with van der Waals surface area (Å²) < 4.78 is 7.14. The molecule has 5 nitrogen and oxygen atoms in total. The summed E-state index contributed by atoms with van der Waals surface area (Å²) in [4.78, 5) is 4.30. The van der Waals surface area contributed by atoms with Crippen molar-refractivity contribution in [3.63, 3.8) is 0 Å². The molecule has 0 fully saturated rings. The highest BCUT2D eigenvalue weighted by Gasteiger charge is 2.16. The molecule has 3 N–H and O–H groups in total. The molecule has 0 radical (unpaired) electrons. The summed E-state index contributed by atoms with van der Waals surface area (Å²) >= 11 is 0. The SMILES string of the molecule is COc1cccc(C(NN)c2nccn2C)c1. The van der Waals surface area contributed by atoms with Crippen molar-refractivity contribution in [1.29, 1.82) is 0 Å². The van der Waals surface area contributed by atoms with E-state index in [0.29, 0.717) is 0 Å². The highest BCUT2D eigenvalue weighted by Crippen LogP contribution is 2.23. The zero-order valence-corrected chi connectivity index (χ0v) is 9.92. The minimum absolute atomic E-state index is 0.148. The molecule has 2 aromatic rings. The Morgan fingerprint density at radius 2 is 2.29 bits per heavy atom. The Morgan fingerprint density at radius 1 is 1.47 bits per heavy atom. The van der Waals surface area contributed by atoms with Gasteiger partial charge in [-0.25, -0.2) is 10.4 Å². The van der Waals surface area contributed by atoms with Crippen LogP contribution in [-0.4, -0.2) is 16.7 Å². The molecule has 0 saturated heterocycles. The first-order chi connectivity index (χ1) is 8.26. The fourth-order valence-corrected chi connectivity index (χ4v) is 1.80. The van der Waals surface area contributed by atoms with Crippen LogP contribution in [0, 0.1) is 0 Å². The maximum absolute atomic E-state index is 5.61. The van der Waals surface area contributed by atoms with E-state index in [9.17, 15) is 0 Å². The van der Waals surface area contributed by atoms with Crippen molar-refractivity contribution < 1.29 is 4.74 Å². The number of hydrogen-bond acceptors (Lipinski definition) is 4. The molecule has 0 aliphatic rings. The molecule has 0 bridgehead atoms. The fourth-order valence-electron chi connectivity index (χ4n) is 1.80. The van der Waals surface area contributed by atoms with Gasteiger partial charge in [0.05, 0.1) is 7.11 Å². The molecule has 0 saturated carbocycles. The van der Waals surface area contributed by atoms with Crippen LogP contribution in [0.4, 0.5) is 0 Å². The second-order valence-corrected chi connectivity index (χ2v) is 3.77. The predicted octanol–water partition coefficient (Wildman–Crippen LogP) is 0.981. The van der Waals surface area contributed by atoms with Crippen LogP contribution in [0.2, 0.25) is 0 Å². The highest BCUT2D eigenvalue weighted by molar-refractivity contribution is 5.33. The maximum Gasteiger partial charge on any atom is 0.131 e. The van der Waals surface area contributed by atoms with Crippen LogP contribution in [0.1, 0.15) is 17.4 Å². The minimum Gasteiger partial charge on any atom is -0.497 e. The van der Waals surface area contributed by atoms with E-state index in [4.69, 9.17) is 10.6 Å². The summed E-state index contributed by atoms with van der Waals surface area (Å²) in [7, 11) is 3.58. The van der Waals surface area contributed by atoms with Gasteiger partial charge in [-0.2, -0.15) is 0 Å². The van der Waals surface area contributed by atoms with E-state index in [0.717, 1.165) is 17.1 Å². The summed E-state index contributed by atoms with van der Waals surface area (Å²) in [6.07, 6.45) is 3.64. The fraction of sp³-hybridized carbons (Fsp3) is 0.250. The lowest BCUT2D eigenvalue weighted by atomic mass is 10.1. The van der Waals surface area contributed by atoms with E-state index >= 15 is 0 Å². The van der Waals surface area contributed by atoms with Gasteiger partial charge in [0, 0.05) is 19.4 Å². The summed E-state index contributed by atoms with van der Waals surface area (Å²) in [5, 5.41) is 0. The summed E-state index contributed by atoms with van der Waals surface area (Å²) in [6.45, 7) is 0. The topological polar surface area (TPSA) is 65.1 Å². The van der Waals surface area contributed by atoms with Crippen molar-refractivity contribution in [2.75, 3.05) is 7.11 Å². The van der Waals surface area contributed by atoms with Crippen molar-refractivity contribution in [3.05, 3.63) is 48.0 Å². The number of aryl methyl sites for hydroxylation is 1. The number of aromatic nitrogens is 2. The number of nitrogens with one attached hydrogen (secondary N) is 1. The first-order valence-corrected chi connectivity index (χ1v) is 5.33. The molecule has 1 aromatic carbocycles. The molecule has 0 spiro atoms. The number of ether oxygens (including phenoxy) is 1. The van der Waals surface area contributed by atoms with Gasteiger partial charge < -0.3 is 9.30 Å². The molecule has 2 rings (SSSR count). The Kier molecular flexibility index (Phi) is 3.41. The van der Waals surface area contributed by atoms with Crippen molar-refractivity contribution >= 4 is 0 Å². The van der Waals surface area contributed by atoms with Crippen LogP contribution in [0.15, 0.2) is 36.7 Å². The van der Waals surface area contributed by atoms with Gasteiger partial charge in [0.1, 0.15) is 17.6 Å². The van der Waals surface area contributed by atoms with Crippen molar-refractivity contribution in [2.45, 2.75) is 6.04 Å². The van der Waals surface area contributed by atoms with Gasteiger partial charge in [-0.05, 0) is 17.7 Å². The second kappa shape index (κ2) is 4.99. The molecule has 0 amide bonds. The van der Waals surface area contributed by atoms with Crippen molar-refractivity contribution in [3.8, 4) is 5.75 Å². The quantitative estimate of drug-likeness (QED) is 0.609. The average Bonchev–Trinajstić information content (AvgIpc) is 2.77. The van der Waals surface area contributed by atoms with Gasteiger partial charge in [0.2, 0.25) is 0 Å². The van der Waals surface area contributed by atoms with E-state index in [1.807, 2.05) is 42.1 Å². The van der Waals surface area contributed by atoms with E-state index in [1.54, 1.807) is 13.3 Å². The number of nitrogens with two attached hydrogens (primary N) is 1. The van der Waals surface area contributed by atoms with Crippen molar-refractivity contribution in [2.24, 2.45) is 12.9 Å². The standard InChI is InChI=1S/C12H16N4O/c1-16-7-6-14-12(16)11(15-13)9-4-3-5-10(8-9)17-2/h3-8,11,15H,13H2,1-2H3. The second-order valence-electron chi connectivity index (χ2n) is 3.77. The number of imidazole rings is 1. The lowest BCUT2D eigenvalue weighted by Crippen LogP contribution is -2.30. The van der Waals surface area contributed by atoms with Gasteiger partial charge in [0.25, 0.3) is 0 Å². The Hall–Kier alpha value is -1.85. The smallest absolute Gasteiger partial charge is 0.131 e. The largest absolute Gasteiger partial charge is 0.497 e. The summed E-state index contributed by atoms with van der Waals surface area (Å²) in [5.41, 5.74) is 3.79. The molecule has 5 heteroatoms. The zero-order valence-electron chi connectivity index (χ0n) is 9.92. The molecule has 1 aromatic heterocycles. The molecule has 90 valence electrons. The van der Waals surface area contributed by atoms with Crippen LogP contribution in [0.3, 0.4) is 0 Å². The Bertz CT molecular complexity index is 495. The maximum atomic E-state index is 5.61. The van der Waals surface area contributed by atoms with Crippen LogP contribution in [-0.2, 0) is 7.05 Å². The van der Waals surface area contributed by atoms with E-state index in [2.05, 4.69) is 10.4 Å². The molecule has 17 heavy (non-hydrogen) atoms. The third kappa shape index (κ3) is 2.30. The first-order valence-electron chi connectivity index (χ1n) is 5.33. The molecule has 1 atom stereocenters. The molecule has 1 unspecified atom stereocenters. The lowest BCUT2D eigenvalue weighted by Gasteiger charge is -2.16. The number of hydrogen-bond donors (Lipinski definition) is 2. The van der Waals surface area contributed by atoms with Gasteiger partial charge in [-0.1, -0.05) is 12.1 Å². The molecular weight excluding hydrogens is 216 g/mol. The van der Waals surface area contributed by atoms with Crippen LogP contribution >= 0.6 is 0 Å². The summed E-state index contributed by atoms with van der Waals surface area (Å²) in [6, 6.07) is 7.61. The van der Waals surface area contributed by atoms with E-state index in [-0.39, 0.29) is 6.04 Å². The van der Waals surface area contributed by atoms with Crippen molar-refractivity contribution in [1.82, 2.24) is 15.0 Å². The molecule has 0 aliphatic heterocycles. The molecule has 0 aliphatic carbocycles. The predicted molar refractivity (Wildman–Crippen MR) is 65.4 cm³/mol. The number of methoxy groups -OCH3 is 1. The number of benzene rings is 1. The lowest BCUT2D eigenvalue weighted by molar-refractivity contribution is 0.413. The summed E-state index contributed by atoms with van der Waals surface area (Å²) in [5.74, 6) is 7.28. The van der Waals surface area contributed by atoms with E-state index in [1.165, 1.54) is 0 Å². The molecule has 1 heterocycles. The number of nitrogens with zero attached hydrogens (tertiary/aromatic N) is 2. The normalized spacial score (nSPS) is 12.4. The Morgan fingerprint density at radius 3 is 2.88 bits per heavy atom. The highest BCUT2D eigenvalue weighted by atomic mass is 16.5. The Balaban J connectivity index is 2.38. The number of rotatable bonds is 4. The first kappa shape index (κ1) is 11.6. The molecular formula is C12H16N4O. The minimum atomic E-state index is -0.148. The van der Waals surface area contributed by atoms with Gasteiger partial charge >= 0.3 is 0 Å².